The number of carbonyl (C=O) groups is 4. The van der Waals surface area contributed by atoms with Crippen LogP contribution >= 0.6 is 0 Å². The first-order valence-corrected chi connectivity index (χ1v) is 4.03. The van der Waals surface area contributed by atoms with E-state index in [-0.39, 0.29) is 0 Å². The van der Waals surface area contributed by atoms with Crippen molar-refractivity contribution in [1.29, 1.82) is 0 Å². The lowest BCUT2D eigenvalue weighted by Gasteiger charge is -1.99. The van der Waals surface area contributed by atoms with Gasteiger partial charge in [0.05, 0.1) is 0 Å². The Morgan fingerprint density at radius 3 is 1.47 bits per heavy atom. The highest BCUT2D eigenvalue weighted by atomic mass is 16.6. The molecule has 0 unspecified atom stereocenters. The Labute approximate surface area is 86.4 Å². The number of ether oxygens (including phenoxy) is 1. The van der Waals surface area contributed by atoms with E-state index in [9.17, 15) is 19.2 Å². The predicted octanol–water partition coefficient (Wildman–Crippen LogP) is 0.347. The van der Waals surface area contributed by atoms with Crippen molar-refractivity contribution in [1.82, 2.24) is 0 Å². The van der Waals surface area contributed by atoms with E-state index < -0.39 is 36.3 Å². The predicted molar refractivity (Wildman–Crippen MR) is 50.7 cm³/mol. The Balaban J connectivity index is 4.02. The molecule has 15 heavy (non-hydrogen) atoms. The van der Waals surface area contributed by atoms with Gasteiger partial charge in [0.15, 0.2) is 11.6 Å². The van der Waals surface area contributed by atoms with E-state index in [0.717, 1.165) is 12.2 Å². The minimum atomic E-state index is -0.998. The van der Waals surface area contributed by atoms with E-state index in [1.54, 1.807) is 0 Å². The molecule has 0 radical (unpaired) electrons. The maximum Gasteiger partial charge on any atom is 0.321 e. The van der Waals surface area contributed by atoms with Gasteiger partial charge in [-0.05, 0) is 12.2 Å². The van der Waals surface area contributed by atoms with Gasteiger partial charge < -0.3 is 4.74 Å². The Morgan fingerprint density at radius 1 is 0.867 bits per heavy atom. The third-order valence-corrected chi connectivity index (χ3v) is 1.32. The number of allylic oxidation sites excluding steroid dienone is 2. The molecule has 0 aliphatic rings. The van der Waals surface area contributed by atoms with Gasteiger partial charge >= 0.3 is 11.9 Å². The second-order valence-electron chi connectivity index (χ2n) is 2.54. The van der Waals surface area contributed by atoms with Crippen LogP contribution < -0.4 is 0 Å². The standard InChI is InChI=1S/C10H10O5/c1-3-7(11)5-9(13)15-10(14)6-8(12)4-2/h3-4H,1-2,5-6H2. The van der Waals surface area contributed by atoms with Crippen molar-refractivity contribution in [3.63, 3.8) is 0 Å². The zero-order chi connectivity index (χ0) is 11.8. The number of carbonyl (C=O) groups excluding carboxylic acids is 4. The van der Waals surface area contributed by atoms with Crippen molar-refractivity contribution in [3.8, 4) is 0 Å². The summed E-state index contributed by atoms with van der Waals surface area (Å²) in [6.07, 6.45) is 0.774. The van der Waals surface area contributed by atoms with Gasteiger partial charge in [0, 0.05) is 0 Å². The molecule has 0 atom stereocenters. The van der Waals surface area contributed by atoms with Crippen LogP contribution in [0.5, 0.6) is 0 Å². The van der Waals surface area contributed by atoms with Crippen LogP contribution in [0.15, 0.2) is 25.3 Å². The second-order valence-corrected chi connectivity index (χ2v) is 2.54. The SMILES string of the molecule is C=CC(=O)CC(=O)OC(=O)CC(=O)C=C. The Morgan fingerprint density at radius 2 is 1.20 bits per heavy atom. The van der Waals surface area contributed by atoms with Crippen molar-refractivity contribution in [2.75, 3.05) is 0 Å². The molecular weight excluding hydrogens is 200 g/mol. The largest absolute Gasteiger partial charge is 0.392 e. The zero-order valence-corrected chi connectivity index (χ0v) is 8.02. The van der Waals surface area contributed by atoms with Crippen LogP contribution in [-0.2, 0) is 23.9 Å². The molecule has 80 valence electrons. The maximum atomic E-state index is 10.8. The summed E-state index contributed by atoms with van der Waals surface area (Å²) in [7, 11) is 0. The summed E-state index contributed by atoms with van der Waals surface area (Å²) in [5.74, 6) is -3.10. The molecule has 0 aromatic heterocycles. The molecule has 0 aromatic carbocycles. The summed E-state index contributed by atoms with van der Waals surface area (Å²) in [5, 5.41) is 0. The minimum Gasteiger partial charge on any atom is -0.392 e. The van der Waals surface area contributed by atoms with E-state index in [2.05, 4.69) is 17.9 Å². The van der Waals surface area contributed by atoms with Crippen LogP contribution in [0.4, 0.5) is 0 Å². The Hall–Kier alpha value is -2.04. The summed E-state index contributed by atoms with van der Waals surface area (Å²) in [5.41, 5.74) is 0. The molecule has 0 fully saturated rings. The number of esters is 2. The van der Waals surface area contributed by atoms with Gasteiger partial charge in [-0.15, -0.1) is 0 Å². The molecule has 0 aliphatic carbocycles. The summed E-state index contributed by atoms with van der Waals surface area (Å²) in [4.78, 5) is 43.0. The first-order valence-electron chi connectivity index (χ1n) is 4.03. The maximum absolute atomic E-state index is 10.8. The van der Waals surface area contributed by atoms with E-state index in [0.29, 0.717) is 0 Å². The summed E-state index contributed by atoms with van der Waals surface area (Å²) in [6.45, 7) is 6.29. The van der Waals surface area contributed by atoms with E-state index in [1.165, 1.54) is 0 Å². The van der Waals surface area contributed by atoms with Gasteiger partial charge in [-0.1, -0.05) is 13.2 Å². The van der Waals surface area contributed by atoms with Crippen LogP contribution in [0.25, 0.3) is 0 Å². The Bertz CT molecular complexity index is 295. The van der Waals surface area contributed by atoms with Gasteiger partial charge in [-0.2, -0.15) is 0 Å². The minimum absolute atomic E-state index is 0.553. The van der Waals surface area contributed by atoms with E-state index in [1.807, 2.05) is 0 Å². The number of hydrogen-bond donors (Lipinski definition) is 0. The van der Waals surface area contributed by atoms with Crippen molar-refractivity contribution < 1.29 is 23.9 Å². The number of rotatable bonds is 6. The molecule has 0 amide bonds. The summed E-state index contributed by atoms with van der Waals surface area (Å²) in [6, 6.07) is 0. The van der Waals surface area contributed by atoms with Crippen LogP contribution in [0.3, 0.4) is 0 Å². The molecule has 0 saturated carbocycles. The Kier molecular flexibility index (Phi) is 5.55. The van der Waals surface area contributed by atoms with Gasteiger partial charge in [0.2, 0.25) is 0 Å². The van der Waals surface area contributed by atoms with Gasteiger partial charge in [0.25, 0.3) is 0 Å². The second kappa shape index (κ2) is 6.42. The fraction of sp³-hybridized carbons (Fsp3) is 0.200. The van der Waals surface area contributed by atoms with Crippen LogP contribution in [0, 0.1) is 0 Å². The fourth-order valence-corrected chi connectivity index (χ4v) is 0.628. The molecule has 0 heterocycles. The number of ketones is 2. The topological polar surface area (TPSA) is 77.5 Å². The molecule has 0 aromatic rings. The van der Waals surface area contributed by atoms with Crippen molar-refractivity contribution in [2.24, 2.45) is 0 Å². The molecule has 0 bridgehead atoms. The van der Waals surface area contributed by atoms with Crippen molar-refractivity contribution in [3.05, 3.63) is 25.3 Å². The quantitative estimate of drug-likeness (QED) is 0.359. The molecule has 0 saturated heterocycles. The van der Waals surface area contributed by atoms with Gasteiger partial charge in [-0.25, -0.2) is 0 Å². The first-order chi connectivity index (χ1) is 6.99. The molecule has 0 spiro atoms. The molecule has 0 aliphatic heterocycles. The highest BCUT2D eigenvalue weighted by Crippen LogP contribution is 1.94. The lowest BCUT2D eigenvalue weighted by atomic mass is 10.3. The van der Waals surface area contributed by atoms with Crippen LogP contribution in [-0.4, -0.2) is 23.5 Å². The zero-order valence-electron chi connectivity index (χ0n) is 8.02. The number of hydrogen-bond acceptors (Lipinski definition) is 5. The van der Waals surface area contributed by atoms with E-state index in [4.69, 9.17) is 0 Å². The van der Waals surface area contributed by atoms with E-state index >= 15 is 0 Å². The fourth-order valence-electron chi connectivity index (χ4n) is 0.628. The summed E-state index contributed by atoms with van der Waals surface area (Å²) < 4.78 is 4.18. The van der Waals surface area contributed by atoms with Crippen molar-refractivity contribution in [2.45, 2.75) is 12.8 Å². The molecule has 5 nitrogen and oxygen atoms in total. The average Bonchev–Trinajstić information content (AvgIpc) is 2.16. The van der Waals surface area contributed by atoms with Crippen molar-refractivity contribution >= 4 is 23.5 Å². The van der Waals surface area contributed by atoms with Gasteiger partial charge in [0.1, 0.15) is 12.8 Å². The smallest absolute Gasteiger partial charge is 0.321 e. The van der Waals surface area contributed by atoms with Crippen LogP contribution in [0.1, 0.15) is 12.8 Å². The molecule has 0 rings (SSSR count). The molecule has 5 heteroatoms. The summed E-state index contributed by atoms with van der Waals surface area (Å²) >= 11 is 0. The highest BCUT2D eigenvalue weighted by Gasteiger charge is 2.14. The molecular formula is C10H10O5. The normalized spacial score (nSPS) is 8.80. The third kappa shape index (κ3) is 6.09. The average molecular weight is 210 g/mol. The lowest BCUT2D eigenvalue weighted by Crippen LogP contribution is -2.17. The highest BCUT2D eigenvalue weighted by molar-refractivity contribution is 6.07. The monoisotopic (exact) mass is 210 g/mol. The lowest BCUT2D eigenvalue weighted by molar-refractivity contribution is -0.160. The first kappa shape index (κ1) is 13.0. The van der Waals surface area contributed by atoms with Gasteiger partial charge in [-0.3, -0.25) is 19.2 Å². The van der Waals surface area contributed by atoms with Crippen LogP contribution in [0.2, 0.25) is 0 Å². The third-order valence-electron chi connectivity index (χ3n) is 1.32. The molecule has 0 N–H and O–H groups in total.